The SMILES string of the molecule is CC(C)N1CCCC(CNC(=O)C2CC23CCNCC3)C1.Cl.Cl. The van der Waals surface area contributed by atoms with Gasteiger partial charge in [0.05, 0.1) is 0 Å². The van der Waals surface area contributed by atoms with Crippen molar-refractivity contribution < 1.29 is 4.79 Å². The number of amides is 1. The van der Waals surface area contributed by atoms with Crippen LogP contribution in [0.25, 0.3) is 0 Å². The van der Waals surface area contributed by atoms with E-state index in [0.29, 0.717) is 29.2 Å². The summed E-state index contributed by atoms with van der Waals surface area (Å²) in [5, 5.41) is 6.66. The number of rotatable bonds is 4. The third-order valence-electron chi connectivity index (χ3n) is 5.95. The van der Waals surface area contributed by atoms with Crippen LogP contribution in [-0.4, -0.2) is 49.6 Å². The lowest BCUT2D eigenvalue weighted by atomic mass is 9.91. The van der Waals surface area contributed by atoms with Crippen molar-refractivity contribution in [1.82, 2.24) is 15.5 Å². The minimum atomic E-state index is 0. The molecule has 2 saturated heterocycles. The average molecular weight is 366 g/mol. The maximum absolute atomic E-state index is 12.4. The highest BCUT2D eigenvalue weighted by molar-refractivity contribution is 5.85. The first kappa shape index (κ1) is 21.0. The fraction of sp³-hybridized carbons (Fsp3) is 0.941. The summed E-state index contributed by atoms with van der Waals surface area (Å²) >= 11 is 0. The quantitative estimate of drug-likeness (QED) is 0.803. The van der Waals surface area contributed by atoms with Crippen molar-refractivity contribution in [2.45, 2.75) is 52.0 Å². The molecule has 2 N–H and O–H groups in total. The molecule has 1 spiro atoms. The van der Waals surface area contributed by atoms with E-state index in [1.54, 1.807) is 0 Å². The largest absolute Gasteiger partial charge is 0.356 e. The lowest BCUT2D eigenvalue weighted by Crippen LogP contribution is -2.44. The fourth-order valence-corrected chi connectivity index (χ4v) is 4.30. The van der Waals surface area contributed by atoms with Crippen LogP contribution in [0.15, 0.2) is 0 Å². The lowest BCUT2D eigenvalue weighted by molar-refractivity contribution is -0.123. The Morgan fingerprint density at radius 2 is 2.00 bits per heavy atom. The second kappa shape index (κ2) is 8.89. The summed E-state index contributed by atoms with van der Waals surface area (Å²) in [6, 6.07) is 0.630. The molecule has 4 nitrogen and oxygen atoms in total. The summed E-state index contributed by atoms with van der Waals surface area (Å²) in [4.78, 5) is 14.9. The second-order valence-electron chi connectivity index (χ2n) is 7.71. The molecule has 1 aliphatic carbocycles. The van der Waals surface area contributed by atoms with Crippen LogP contribution < -0.4 is 10.6 Å². The van der Waals surface area contributed by atoms with Crippen LogP contribution in [0.2, 0.25) is 0 Å². The Bertz CT molecular complexity index is 386. The number of carbonyl (C=O) groups excluding carboxylic acids is 1. The summed E-state index contributed by atoms with van der Waals surface area (Å²) in [5.74, 6) is 1.29. The summed E-state index contributed by atoms with van der Waals surface area (Å²) < 4.78 is 0. The zero-order valence-corrected chi connectivity index (χ0v) is 16.1. The monoisotopic (exact) mass is 365 g/mol. The molecule has 0 aromatic heterocycles. The smallest absolute Gasteiger partial charge is 0.223 e. The number of likely N-dealkylation sites (tertiary alicyclic amines) is 1. The first-order valence-corrected chi connectivity index (χ1v) is 8.83. The van der Waals surface area contributed by atoms with Crippen molar-refractivity contribution in [2.24, 2.45) is 17.3 Å². The maximum atomic E-state index is 12.4. The van der Waals surface area contributed by atoms with Crippen molar-refractivity contribution in [2.75, 3.05) is 32.7 Å². The molecule has 3 fully saturated rings. The minimum absolute atomic E-state index is 0. The second-order valence-corrected chi connectivity index (χ2v) is 7.71. The molecule has 1 amide bonds. The van der Waals surface area contributed by atoms with Gasteiger partial charge >= 0.3 is 0 Å². The Hall–Kier alpha value is -0.0300. The van der Waals surface area contributed by atoms with Gasteiger partial charge in [0, 0.05) is 25.0 Å². The third kappa shape index (κ3) is 4.97. The molecular formula is C17H33Cl2N3O. The van der Waals surface area contributed by atoms with Crippen LogP contribution in [0.5, 0.6) is 0 Å². The molecule has 0 aromatic carbocycles. The van der Waals surface area contributed by atoms with Gasteiger partial charge in [-0.3, -0.25) is 4.79 Å². The van der Waals surface area contributed by atoms with E-state index in [-0.39, 0.29) is 24.8 Å². The summed E-state index contributed by atoms with van der Waals surface area (Å²) in [7, 11) is 0. The number of hydrogen-bond acceptors (Lipinski definition) is 3. The normalized spacial score (nSPS) is 29.5. The van der Waals surface area contributed by atoms with Crippen molar-refractivity contribution in [3.05, 3.63) is 0 Å². The Morgan fingerprint density at radius 3 is 2.65 bits per heavy atom. The standard InChI is InChI=1S/C17H31N3O.2ClH/c1-13(2)20-9-3-4-14(12-20)11-19-16(21)15-10-17(15)5-7-18-8-6-17;;/h13-15,18H,3-12H2,1-2H3,(H,19,21);2*1H. The predicted molar refractivity (Wildman–Crippen MR) is 99.6 cm³/mol. The highest BCUT2D eigenvalue weighted by Crippen LogP contribution is 2.58. The van der Waals surface area contributed by atoms with E-state index in [9.17, 15) is 4.79 Å². The molecule has 23 heavy (non-hydrogen) atoms. The van der Waals surface area contributed by atoms with Gasteiger partial charge in [-0.15, -0.1) is 24.8 Å². The molecule has 2 atom stereocenters. The summed E-state index contributed by atoms with van der Waals surface area (Å²) in [6.07, 6.45) is 6.05. The first-order chi connectivity index (χ1) is 10.1. The van der Waals surface area contributed by atoms with Crippen LogP contribution in [0, 0.1) is 17.3 Å². The van der Waals surface area contributed by atoms with Crippen molar-refractivity contribution in [1.29, 1.82) is 0 Å². The number of piperidine rings is 2. The van der Waals surface area contributed by atoms with Gasteiger partial charge in [0.25, 0.3) is 0 Å². The molecule has 2 aliphatic heterocycles. The molecule has 0 aromatic rings. The molecule has 1 saturated carbocycles. The van der Waals surface area contributed by atoms with Crippen LogP contribution in [-0.2, 0) is 4.79 Å². The third-order valence-corrected chi connectivity index (χ3v) is 5.95. The number of carbonyl (C=O) groups is 1. The van der Waals surface area contributed by atoms with Gasteiger partial charge in [-0.1, -0.05) is 0 Å². The van der Waals surface area contributed by atoms with E-state index in [1.165, 1.54) is 32.2 Å². The van der Waals surface area contributed by atoms with Crippen molar-refractivity contribution in [3.63, 3.8) is 0 Å². The molecule has 2 unspecified atom stereocenters. The Labute approximate surface area is 153 Å². The fourth-order valence-electron chi connectivity index (χ4n) is 4.30. The first-order valence-electron chi connectivity index (χ1n) is 8.83. The molecule has 136 valence electrons. The highest BCUT2D eigenvalue weighted by Gasteiger charge is 2.57. The Balaban J connectivity index is 0.00000132. The number of nitrogens with zero attached hydrogens (tertiary/aromatic N) is 1. The van der Waals surface area contributed by atoms with E-state index in [1.807, 2.05) is 0 Å². The molecule has 0 bridgehead atoms. The Kier molecular flexibility index (Phi) is 8.12. The predicted octanol–water partition coefficient (Wildman–Crippen LogP) is 2.46. The zero-order chi connectivity index (χ0) is 14.9. The topological polar surface area (TPSA) is 44.4 Å². The molecule has 6 heteroatoms. The molecular weight excluding hydrogens is 333 g/mol. The van der Waals surface area contributed by atoms with Crippen molar-refractivity contribution in [3.8, 4) is 0 Å². The highest BCUT2D eigenvalue weighted by atomic mass is 35.5. The van der Waals surface area contributed by atoms with Crippen LogP contribution >= 0.6 is 24.8 Å². The molecule has 3 rings (SSSR count). The van der Waals surface area contributed by atoms with E-state index >= 15 is 0 Å². The molecule has 0 radical (unpaired) electrons. The Morgan fingerprint density at radius 1 is 1.30 bits per heavy atom. The van der Waals surface area contributed by atoms with Gasteiger partial charge in [-0.05, 0) is 76.9 Å². The lowest BCUT2D eigenvalue weighted by Gasteiger charge is -2.35. The average Bonchev–Trinajstić information content (AvgIpc) is 3.19. The maximum Gasteiger partial charge on any atom is 0.223 e. The van der Waals surface area contributed by atoms with Gasteiger partial charge in [0.2, 0.25) is 5.91 Å². The number of halogens is 2. The van der Waals surface area contributed by atoms with E-state index in [0.717, 1.165) is 32.6 Å². The van der Waals surface area contributed by atoms with Gasteiger partial charge in [0.1, 0.15) is 0 Å². The molecule has 2 heterocycles. The van der Waals surface area contributed by atoms with Crippen LogP contribution in [0.1, 0.15) is 46.0 Å². The minimum Gasteiger partial charge on any atom is -0.356 e. The van der Waals surface area contributed by atoms with E-state index < -0.39 is 0 Å². The molecule has 3 aliphatic rings. The number of hydrogen-bond donors (Lipinski definition) is 2. The van der Waals surface area contributed by atoms with Crippen LogP contribution in [0.4, 0.5) is 0 Å². The van der Waals surface area contributed by atoms with Crippen LogP contribution in [0.3, 0.4) is 0 Å². The van der Waals surface area contributed by atoms with Gasteiger partial charge in [-0.25, -0.2) is 0 Å². The van der Waals surface area contributed by atoms with Gasteiger partial charge in [0.15, 0.2) is 0 Å². The zero-order valence-electron chi connectivity index (χ0n) is 14.5. The summed E-state index contributed by atoms with van der Waals surface area (Å²) in [6.45, 7) is 9.98. The van der Waals surface area contributed by atoms with Gasteiger partial charge < -0.3 is 15.5 Å². The van der Waals surface area contributed by atoms with E-state index in [4.69, 9.17) is 0 Å². The summed E-state index contributed by atoms with van der Waals surface area (Å²) in [5.41, 5.74) is 0.367. The van der Waals surface area contributed by atoms with E-state index in [2.05, 4.69) is 29.4 Å². The van der Waals surface area contributed by atoms with Crippen molar-refractivity contribution >= 4 is 30.7 Å². The number of nitrogens with one attached hydrogen (secondary N) is 2. The van der Waals surface area contributed by atoms with Gasteiger partial charge in [-0.2, -0.15) is 0 Å².